The van der Waals surface area contributed by atoms with Crippen molar-refractivity contribution in [2.75, 3.05) is 25.0 Å². The van der Waals surface area contributed by atoms with E-state index in [1.165, 1.54) is 49.4 Å². The van der Waals surface area contributed by atoms with E-state index in [9.17, 15) is 9.18 Å². The van der Waals surface area contributed by atoms with Gasteiger partial charge in [-0.15, -0.1) is 0 Å². The molecule has 1 unspecified atom stereocenters. The third-order valence-electron chi connectivity index (χ3n) is 5.76. The second-order valence-corrected chi connectivity index (χ2v) is 9.22. The highest BCUT2D eigenvalue weighted by Gasteiger charge is 2.38. The number of halogens is 1. The highest BCUT2D eigenvalue weighted by atomic mass is 32.1. The maximum atomic E-state index is 13.0. The zero-order valence-electron chi connectivity index (χ0n) is 18.1. The fourth-order valence-electron chi connectivity index (χ4n) is 4.26. The average Bonchev–Trinajstić information content (AvgIpc) is 3.17. The van der Waals surface area contributed by atoms with Gasteiger partial charge < -0.3 is 24.9 Å². The Kier molecular flexibility index (Phi) is 7.05. The number of benzene rings is 2. The van der Waals surface area contributed by atoms with E-state index in [-0.39, 0.29) is 17.9 Å². The Morgan fingerprint density at radius 1 is 1.15 bits per heavy atom. The number of urea groups is 1. The molecule has 33 heavy (non-hydrogen) atoms. The summed E-state index contributed by atoms with van der Waals surface area (Å²) in [6, 6.07) is 11.5. The number of ether oxygens (including phenoxy) is 1. The zero-order chi connectivity index (χ0) is 23.4. The van der Waals surface area contributed by atoms with Crippen molar-refractivity contribution in [3.8, 4) is 11.5 Å². The minimum atomic E-state index is -1.08. The molecule has 8 nitrogen and oxygen atoms in total. The van der Waals surface area contributed by atoms with Gasteiger partial charge in [0.2, 0.25) is 0 Å². The Labute approximate surface area is 194 Å². The fraction of sp³-hybridized carbons (Fsp3) is 0.348. The number of carbonyl (C=O) groups excluding carboxylic acids is 2. The van der Waals surface area contributed by atoms with Crippen LogP contribution >= 0.6 is 11.3 Å². The molecule has 2 aromatic carbocycles. The van der Waals surface area contributed by atoms with Gasteiger partial charge in [-0.1, -0.05) is 11.3 Å². The number of carboxylic acids is 1. The van der Waals surface area contributed by atoms with Gasteiger partial charge in [0, 0.05) is 24.9 Å². The van der Waals surface area contributed by atoms with E-state index in [0.29, 0.717) is 22.5 Å². The molecular weight excluding hydrogens is 447 g/mol. The number of aliphatic carboxylic acids is 1. The van der Waals surface area contributed by atoms with E-state index >= 15 is 0 Å². The van der Waals surface area contributed by atoms with Crippen LogP contribution < -0.4 is 25.4 Å². The molecule has 2 amide bonds. The summed E-state index contributed by atoms with van der Waals surface area (Å²) < 4.78 is 19.7. The minimum Gasteiger partial charge on any atom is -0.550 e. The topological polar surface area (TPSA) is 108 Å². The smallest absolute Gasteiger partial charge is 0.321 e. The molecule has 0 aliphatic carbocycles. The highest BCUT2D eigenvalue weighted by Crippen LogP contribution is 2.31. The van der Waals surface area contributed by atoms with Crippen molar-refractivity contribution in [3.63, 3.8) is 0 Å². The summed E-state index contributed by atoms with van der Waals surface area (Å²) in [6.07, 6.45) is 2.39. The number of amides is 2. The molecule has 3 aromatic rings. The fourth-order valence-corrected chi connectivity index (χ4v) is 5.15. The Balaban J connectivity index is 0.000000601. The first-order valence-corrected chi connectivity index (χ1v) is 11.6. The van der Waals surface area contributed by atoms with Crippen LogP contribution in [0.15, 0.2) is 42.5 Å². The van der Waals surface area contributed by atoms with Crippen LogP contribution in [0, 0.1) is 11.7 Å². The van der Waals surface area contributed by atoms with Crippen LogP contribution in [0.2, 0.25) is 0 Å². The SMILES string of the molecule is CC(=O)[O-].O=C(Nc1nc2ccc(Oc3ccc(F)cc3)cc2s1)NC1C[NH+]2CCC1CC2. The number of hydrogen-bond acceptors (Lipinski definition) is 6. The van der Waals surface area contributed by atoms with Crippen LogP contribution in [0.5, 0.6) is 11.5 Å². The van der Waals surface area contributed by atoms with Gasteiger partial charge in [0.15, 0.2) is 5.13 Å². The second-order valence-electron chi connectivity index (χ2n) is 8.19. The van der Waals surface area contributed by atoms with Gasteiger partial charge in [-0.3, -0.25) is 5.32 Å². The first-order valence-electron chi connectivity index (χ1n) is 10.8. The van der Waals surface area contributed by atoms with Crippen molar-refractivity contribution < 1.29 is 28.7 Å². The van der Waals surface area contributed by atoms with Crippen LogP contribution in [0.3, 0.4) is 0 Å². The predicted molar refractivity (Wildman–Crippen MR) is 121 cm³/mol. The van der Waals surface area contributed by atoms with E-state index in [0.717, 1.165) is 23.7 Å². The number of aromatic nitrogens is 1. The van der Waals surface area contributed by atoms with Gasteiger partial charge in [0.1, 0.15) is 17.3 Å². The van der Waals surface area contributed by atoms with Crippen molar-refractivity contribution in [2.24, 2.45) is 5.92 Å². The number of nitrogens with one attached hydrogen (secondary N) is 3. The van der Waals surface area contributed by atoms with Crippen molar-refractivity contribution in [2.45, 2.75) is 25.8 Å². The molecule has 0 radical (unpaired) electrons. The molecule has 4 heterocycles. The van der Waals surface area contributed by atoms with Crippen LogP contribution in [0.25, 0.3) is 10.2 Å². The Morgan fingerprint density at radius 3 is 2.45 bits per heavy atom. The van der Waals surface area contributed by atoms with Gasteiger partial charge in [-0.25, -0.2) is 14.2 Å². The summed E-state index contributed by atoms with van der Waals surface area (Å²) in [6.45, 7) is 4.44. The molecule has 2 bridgehead atoms. The Morgan fingerprint density at radius 2 is 1.82 bits per heavy atom. The van der Waals surface area contributed by atoms with E-state index in [2.05, 4.69) is 15.6 Å². The van der Waals surface area contributed by atoms with Crippen LogP contribution in [0.4, 0.5) is 14.3 Å². The molecule has 10 heteroatoms. The minimum absolute atomic E-state index is 0.190. The molecule has 174 valence electrons. The van der Waals surface area contributed by atoms with Gasteiger partial charge in [0.25, 0.3) is 0 Å². The predicted octanol–water partition coefficient (Wildman–Crippen LogP) is 1.78. The quantitative estimate of drug-likeness (QED) is 0.537. The molecule has 1 aromatic heterocycles. The van der Waals surface area contributed by atoms with E-state index < -0.39 is 5.97 Å². The van der Waals surface area contributed by atoms with Gasteiger partial charge in [-0.05, 0) is 49.2 Å². The number of rotatable bonds is 4. The summed E-state index contributed by atoms with van der Waals surface area (Å²) >= 11 is 1.40. The molecule has 0 spiro atoms. The number of nitrogens with zero attached hydrogens (tertiary/aromatic N) is 1. The summed E-state index contributed by atoms with van der Waals surface area (Å²) in [5.41, 5.74) is 0.795. The largest absolute Gasteiger partial charge is 0.550 e. The van der Waals surface area contributed by atoms with E-state index in [4.69, 9.17) is 14.6 Å². The molecule has 3 fully saturated rings. The number of hydrogen-bond donors (Lipinski definition) is 3. The Bertz CT molecular complexity index is 1130. The number of thiazole rings is 1. The molecule has 3 aliphatic heterocycles. The molecule has 0 saturated carbocycles. The monoisotopic (exact) mass is 472 g/mol. The molecule has 1 atom stereocenters. The average molecular weight is 473 g/mol. The van der Waals surface area contributed by atoms with Gasteiger partial charge in [-0.2, -0.15) is 0 Å². The lowest BCUT2D eigenvalue weighted by molar-refractivity contribution is -0.917. The van der Waals surface area contributed by atoms with Crippen molar-refractivity contribution in [1.29, 1.82) is 0 Å². The molecule has 3 aliphatic rings. The summed E-state index contributed by atoms with van der Waals surface area (Å²) in [7, 11) is 0. The number of quaternary nitrogens is 1. The lowest BCUT2D eigenvalue weighted by atomic mass is 9.84. The standard InChI is InChI=1S/C21H21FN4O2S.C2H4O2/c22-14-1-3-15(4-2-14)28-16-5-6-17-19(11-16)29-21(24-17)25-20(27)23-18-12-26-9-7-13(18)8-10-26;1-2(3)4/h1-6,11,13,18H,7-10,12H2,(H2,23,24,25,27);1H3,(H,3,4). The number of fused-ring (bicyclic) bond motifs is 4. The summed E-state index contributed by atoms with van der Waals surface area (Å²) in [5, 5.41) is 15.5. The second kappa shape index (κ2) is 10.1. The number of piperidine rings is 3. The van der Waals surface area contributed by atoms with Gasteiger partial charge >= 0.3 is 6.03 Å². The highest BCUT2D eigenvalue weighted by molar-refractivity contribution is 7.22. The van der Waals surface area contributed by atoms with Crippen LogP contribution in [0.1, 0.15) is 19.8 Å². The molecule has 3 N–H and O–H groups in total. The van der Waals surface area contributed by atoms with E-state index in [1.807, 2.05) is 18.2 Å². The maximum absolute atomic E-state index is 13.0. The zero-order valence-corrected chi connectivity index (χ0v) is 18.9. The van der Waals surface area contributed by atoms with Crippen molar-refractivity contribution in [3.05, 3.63) is 48.3 Å². The number of carbonyl (C=O) groups is 2. The lowest BCUT2D eigenvalue weighted by Gasteiger charge is -2.41. The first-order chi connectivity index (χ1) is 15.9. The van der Waals surface area contributed by atoms with Crippen LogP contribution in [-0.4, -0.2) is 42.7 Å². The third-order valence-corrected chi connectivity index (χ3v) is 6.69. The van der Waals surface area contributed by atoms with E-state index in [1.54, 1.807) is 17.0 Å². The molecule has 3 saturated heterocycles. The molecular formula is C23H25FN4O4S. The normalized spacial score (nSPS) is 21.1. The first kappa shape index (κ1) is 22.9. The Hall–Kier alpha value is -3.24. The molecule has 6 rings (SSSR count). The van der Waals surface area contributed by atoms with Crippen molar-refractivity contribution >= 4 is 38.7 Å². The van der Waals surface area contributed by atoms with Crippen LogP contribution in [-0.2, 0) is 4.79 Å². The lowest BCUT2D eigenvalue weighted by Crippen LogP contribution is -3.17. The summed E-state index contributed by atoms with van der Waals surface area (Å²) in [4.78, 5) is 27.4. The summed E-state index contributed by atoms with van der Waals surface area (Å²) in [5.74, 6) is 0.412. The third kappa shape index (κ3) is 6.17. The van der Waals surface area contributed by atoms with Gasteiger partial charge in [0.05, 0.1) is 35.9 Å². The number of anilines is 1. The van der Waals surface area contributed by atoms with Crippen molar-refractivity contribution in [1.82, 2.24) is 10.3 Å². The number of carboxylic acid groups (broad SMARTS) is 1. The maximum Gasteiger partial charge on any atom is 0.321 e.